The van der Waals surface area contributed by atoms with E-state index in [4.69, 9.17) is 4.74 Å². The predicted octanol–water partition coefficient (Wildman–Crippen LogP) is 4.49. The minimum absolute atomic E-state index is 0.837. The molecule has 20 heavy (non-hydrogen) atoms. The molecule has 0 bridgehead atoms. The van der Waals surface area contributed by atoms with E-state index in [1.54, 1.807) is 0 Å². The summed E-state index contributed by atoms with van der Waals surface area (Å²) in [4.78, 5) is 2.61. The fourth-order valence-corrected chi connectivity index (χ4v) is 3.45. The Hall–Kier alpha value is -0.290. The van der Waals surface area contributed by atoms with Crippen molar-refractivity contribution in [3.05, 3.63) is 27.3 Å². The minimum Gasteiger partial charge on any atom is -0.492 e. The molecule has 0 spiro atoms. The fraction of sp³-hybridized carbons (Fsp3) is 0.647. The standard InChI is InChI=1S/C17H26INO/c1-14-7-10-19(11-8-14)9-3-4-12-20-17-6-5-15(2)13-16(17)18/h5-6,13-14H,3-4,7-12H2,1-2H3. The molecule has 2 nitrogen and oxygen atoms in total. The van der Waals surface area contributed by atoms with Gasteiger partial charge in [-0.25, -0.2) is 0 Å². The van der Waals surface area contributed by atoms with E-state index in [2.05, 4.69) is 59.5 Å². The number of nitrogens with zero attached hydrogens (tertiary/aromatic N) is 1. The summed E-state index contributed by atoms with van der Waals surface area (Å²) in [5.74, 6) is 1.96. The number of rotatable bonds is 6. The molecule has 0 N–H and O–H groups in total. The van der Waals surface area contributed by atoms with Crippen molar-refractivity contribution < 1.29 is 4.74 Å². The lowest BCUT2D eigenvalue weighted by Crippen LogP contribution is -2.33. The van der Waals surface area contributed by atoms with Gasteiger partial charge in [0.2, 0.25) is 0 Å². The molecule has 1 aromatic carbocycles. The number of ether oxygens (including phenoxy) is 1. The summed E-state index contributed by atoms with van der Waals surface area (Å²) in [6.45, 7) is 9.14. The van der Waals surface area contributed by atoms with E-state index in [-0.39, 0.29) is 0 Å². The van der Waals surface area contributed by atoms with Crippen molar-refractivity contribution in [1.82, 2.24) is 4.90 Å². The van der Waals surface area contributed by atoms with Gasteiger partial charge in [-0.15, -0.1) is 0 Å². The molecule has 1 heterocycles. The summed E-state index contributed by atoms with van der Waals surface area (Å²) < 4.78 is 7.09. The second-order valence-corrected chi connectivity index (χ2v) is 7.18. The van der Waals surface area contributed by atoms with Crippen molar-refractivity contribution in [2.45, 2.75) is 39.5 Å². The third-order valence-corrected chi connectivity index (χ3v) is 4.93. The van der Waals surface area contributed by atoms with Crippen LogP contribution in [0, 0.1) is 16.4 Å². The van der Waals surface area contributed by atoms with Gasteiger partial charge in [0.15, 0.2) is 0 Å². The topological polar surface area (TPSA) is 12.5 Å². The number of benzene rings is 1. The number of piperidine rings is 1. The van der Waals surface area contributed by atoms with Crippen LogP contribution in [-0.4, -0.2) is 31.1 Å². The van der Waals surface area contributed by atoms with Crippen LogP contribution in [0.2, 0.25) is 0 Å². The van der Waals surface area contributed by atoms with Gasteiger partial charge in [0.1, 0.15) is 5.75 Å². The van der Waals surface area contributed by atoms with Crippen molar-refractivity contribution in [2.75, 3.05) is 26.2 Å². The van der Waals surface area contributed by atoms with Gasteiger partial charge in [-0.1, -0.05) is 13.0 Å². The first-order valence-corrected chi connectivity index (χ1v) is 8.84. The van der Waals surface area contributed by atoms with Crippen molar-refractivity contribution in [3.63, 3.8) is 0 Å². The lowest BCUT2D eigenvalue weighted by Gasteiger charge is -2.30. The van der Waals surface area contributed by atoms with E-state index in [9.17, 15) is 0 Å². The third kappa shape index (κ3) is 5.24. The van der Waals surface area contributed by atoms with Crippen LogP contribution < -0.4 is 4.74 Å². The molecule has 0 saturated carbocycles. The largest absolute Gasteiger partial charge is 0.492 e. The Labute approximate surface area is 137 Å². The number of hydrogen-bond acceptors (Lipinski definition) is 2. The number of likely N-dealkylation sites (tertiary alicyclic amines) is 1. The molecule has 1 aliphatic heterocycles. The maximum atomic E-state index is 5.87. The molecule has 0 radical (unpaired) electrons. The Morgan fingerprint density at radius 1 is 1.25 bits per heavy atom. The molecule has 1 fully saturated rings. The molecule has 2 rings (SSSR count). The van der Waals surface area contributed by atoms with Crippen LogP contribution in [-0.2, 0) is 0 Å². The first kappa shape index (κ1) is 16.1. The highest BCUT2D eigenvalue weighted by Gasteiger charge is 2.14. The summed E-state index contributed by atoms with van der Waals surface area (Å²) in [6, 6.07) is 6.38. The molecular weight excluding hydrogens is 361 g/mol. The van der Waals surface area contributed by atoms with Crippen molar-refractivity contribution >= 4 is 22.6 Å². The van der Waals surface area contributed by atoms with Crippen LogP contribution in [0.15, 0.2) is 18.2 Å². The molecule has 3 heteroatoms. The number of hydrogen-bond donors (Lipinski definition) is 0. The lowest BCUT2D eigenvalue weighted by atomic mass is 9.99. The molecule has 1 aliphatic rings. The Bertz CT molecular complexity index is 413. The van der Waals surface area contributed by atoms with Crippen LogP contribution >= 0.6 is 22.6 Å². The Morgan fingerprint density at radius 2 is 2.00 bits per heavy atom. The van der Waals surface area contributed by atoms with Crippen molar-refractivity contribution in [1.29, 1.82) is 0 Å². The maximum absolute atomic E-state index is 5.87. The second-order valence-electron chi connectivity index (χ2n) is 6.01. The molecular formula is C17H26INO. The van der Waals surface area contributed by atoms with Gasteiger partial charge in [-0.3, -0.25) is 0 Å². The molecule has 1 aromatic rings. The molecule has 112 valence electrons. The first-order valence-electron chi connectivity index (χ1n) is 7.76. The van der Waals surface area contributed by atoms with Crippen LogP contribution in [0.4, 0.5) is 0 Å². The Balaban J connectivity index is 1.59. The molecule has 1 saturated heterocycles. The summed E-state index contributed by atoms with van der Waals surface area (Å²) in [7, 11) is 0. The van der Waals surface area contributed by atoms with Gasteiger partial charge in [-0.05, 0) is 98.4 Å². The zero-order valence-electron chi connectivity index (χ0n) is 12.7. The zero-order valence-corrected chi connectivity index (χ0v) is 14.9. The molecule has 0 amide bonds. The van der Waals surface area contributed by atoms with E-state index < -0.39 is 0 Å². The Morgan fingerprint density at radius 3 is 2.70 bits per heavy atom. The minimum atomic E-state index is 0.837. The highest BCUT2D eigenvalue weighted by Crippen LogP contribution is 2.22. The predicted molar refractivity (Wildman–Crippen MR) is 93.5 cm³/mol. The lowest BCUT2D eigenvalue weighted by molar-refractivity contribution is 0.184. The van der Waals surface area contributed by atoms with Crippen molar-refractivity contribution in [3.8, 4) is 5.75 Å². The third-order valence-electron chi connectivity index (χ3n) is 4.09. The highest BCUT2D eigenvalue weighted by molar-refractivity contribution is 14.1. The summed E-state index contributed by atoms with van der Waals surface area (Å²) in [5, 5.41) is 0. The number of aryl methyl sites for hydroxylation is 1. The summed E-state index contributed by atoms with van der Waals surface area (Å²) >= 11 is 2.35. The summed E-state index contributed by atoms with van der Waals surface area (Å²) in [5.41, 5.74) is 1.29. The van der Waals surface area contributed by atoms with Crippen molar-refractivity contribution in [2.24, 2.45) is 5.92 Å². The molecule has 0 atom stereocenters. The average Bonchev–Trinajstić information content (AvgIpc) is 2.42. The van der Waals surface area contributed by atoms with E-state index in [1.165, 1.54) is 48.0 Å². The quantitative estimate of drug-likeness (QED) is 0.527. The van der Waals surface area contributed by atoms with E-state index >= 15 is 0 Å². The Kier molecular flexibility index (Phi) is 6.62. The first-order chi connectivity index (χ1) is 9.65. The van der Waals surface area contributed by atoms with Crippen LogP contribution in [0.5, 0.6) is 5.75 Å². The fourth-order valence-electron chi connectivity index (χ4n) is 2.63. The van der Waals surface area contributed by atoms with Crippen LogP contribution in [0.25, 0.3) is 0 Å². The van der Waals surface area contributed by atoms with Gasteiger partial charge < -0.3 is 9.64 Å². The van der Waals surface area contributed by atoms with Gasteiger partial charge >= 0.3 is 0 Å². The highest BCUT2D eigenvalue weighted by atomic mass is 127. The van der Waals surface area contributed by atoms with Gasteiger partial charge in [0.05, 0.1) is 10.2 Å². The summed E-state index contributed by atoms with van der Waals surface area (Å²) in [6.07, 6.45) is 5.14. The van der Waals surface area contributed by atoms with Crippen LogP contribution in [0.1, 0.15) is 38.2 Å². The van der Waals surface area contributed by atoms with E-state index in [0.29, 0.717) is 0 Å². The van der Waals surface area contributed by atoms with Gasteiger partial charge in [0, 0.05) is 0 Å². The van der Waals surface area contributed by atoms with E-state index in [0.717, 1.165) is 24.7 Å². The van der Waals surface area contributed by atoms with Gasteiger partial charge in [-0.2, -0.15) is 0 Å². The molecule has 0 aromatic heterocycles. The maximum Gasteiger partial charge on any atom is 0.132 e. The molecule has 0 aliphatic carbocycles. The zero-order chi connectivity index (χ0) is 14.4. The monoisotopic (exact) mass is 387 g/mol. The SMILES string of the molecule is Cc1ccc(OCCCCN2CCC(C)CC2)c(I)c1. The second kappa shape index (κ2) is 8.23. The smallest absolute Gasteiger partial charge is 0.132 e. The molecule has 0 unspecified atom stereocenters. The number of unbranched alkanes of at least 4 members (excludes halogenated alkanes) is 1. The normalized spacial score (nSPS) is 17.4. The van der Waals surface area contributed by atoms with Crippen LogP contribution in [0.3, 0.4) is 0 Å². The van der Waals surface area contributed by atoms with Gasteiger partial charge in [0.25, 0.3) is 0 Å². The van der Waals surface area contributed by atoms with E-state index in [1.807, 2.05) is 0 Å². The average molecular weight is 387 g/mol. The number of halogens is 1.